The Balaban J connectivity index is 1.55. The average Bonchev–Trinajstić information content (AvgIpc) is 2.61. The Morgan fingerprint density at radius 2 is 1.74 bits per heavy atom. The molecule has 0 spiro atoms. The van der Waals surface area contributed by atoms with E-state index >= 15 is 0 Å². The van der Waals surface area contributed by atoms with Crippen LogP contribution in [0.25, 0.3) is 0 Å². The lowest BCUT2D eigenvalue weighted by atomic mass is 10.1. The summed E-state index contributed by atoms with van der Waals surface area (Å²) in [5.41, 5.74) is 4.21. The number of piperazine rings is 1. The van der Waals surface area contributed by atoms with Gasteiger partial charge in [-0.15, -0.1) is 0 Å². The number of hydrogen-bond acceptors (Lipinski definition) is 3. The molecule has 1 saturated heterocycles. The summed E-state index contributed by atoms with van der Waals surface area (Å²) in [6, 6.07) is 11.7. The maximum absolute atomic E-state index is 12.6. The van der Waals surface area contributed by atoms with Crippen LogP contribution in [0, 0.1) is 13.8 Å². The summed E-state index contributed by atoms with van der Waals surface area (Å²) in [7, 11) is 1.67. The van der Waals surface area contributed by atoms with Gasteiger partial charge in [-0.3, -0.25) is 4.90 Å². The molecule has 3 rings (SSSR count). The van der Waals surface area contributed by atoms with Gasteiger partial charge in [-0.25, -0.2) is 4.79 Å². The van der Waals surface area contributed by atoms with Crippen molar-refractivity contribution in [3.05, 3.63) is 58.1 Å². The first-order valence-electron chi connectivity index (χ1n) is 9.13. The molecule has 6 heteroatoms. The van der Waals surface area contributed by atoms with Crippen LogP contribution in [0.15, 0.2) is 36.4 Å². The number of anilines is 1. The quantitative estimate of drug-likeness (QED) is 0.849. The number of ether oxygens (including phenoxy) is 1. The van der Waals surface area contributed by atoms with Crippen molar-refractivity contribution in [1.82, 2.24) is 9.80 Å². The number of aryl methyl sites for hydroxylation is 2. The van der Waals surface area contributed by atoms with Crippen LogP contribution < -0.4 is 10.1 Å². The molecule has 0 unspecified atom stereocenters. The Hall–Kier alpha value is -2.24. The smallest absolute Gasteiger partial charge is 0.321 e. The first-order chi connectivity index (χ1) is 12.9. The van der Waals surface area contributed by atoms with Gasteiger partial charge in [-0.1, -0.05) is 17.7 Å². The molecule has 0 aromatic heterocycles. The summed E-state index contributed by atoms with van der Waals surface area (Å²) in [5.74, 6) is 0.842. The summed E-state index contributed by atoms with van der Waals surface area (Å²) in [6.07, 6.45) is 0. The van der Waals surface area contributed by atoms with E-state index in [9.17, 15) is 4.79 Å². The highest BCUT2D eigenvalue weighted by Crippen LogP contribution is 2.24. The van der Waals surface area contributed by atoms with Crippen LogP contribution in [0.3, 0.4) is 0 Å². The molecule has 0 radical (unpaired) electrons. The number of amides is 2. The predicted molar refractivity (Wildman–Crippen MR) is 110 cm³/mol. The molecule has 5 nitrogen and oxygen atoms in total. The monoisotopic (exact) mass is 387 g/mol. The third-order valence-corrected chi connectivity index (χ3v) is 5.00. The zero-order valence-corrected chi connectivity index (χ0v) is 16.8. The number of hydrogen-bond donors (Lipinski definition) is 1. The van der Waals surface area contributed by atoms with Gasteiger partial charge in [0.2, 0.25) is 0 Å². The maximum atomic E-state index is 12.6. The second kappa shape index (κ2) is 8.63. The average molecular weight is 388 g/mol. The Labute approximate surface area is 165 Å². The van der Waals surface area contributed by atoms with E-state index in [4.69, 9.17) is 16.3 Å². The highest BCUT2D eigenvalue weighted by Gasteiger charge is 2.22. The molecule has 2 amide bonds. The zero-order chi connectivity index (χ0) is 19.4. The molecule has 0 bridgehead atoms. The zero-order valence-electron chi connectivity index (χ0n) is 16.1. The van der Waals surface area contributed by atoms with Crippen molar-refractivity contribution in [1.29, 1.82) is 0 Å². The fraction of sp³-hybridized carbons (Fsp3) is 0.381. The Bertz CT molecular complexity index is 797. The number of nitrogens with zero attached hydrogens (tertiary/aromatic N) is 2. The largest absolute Gasteiger partial charge is 0.496 e. The maximum Gasteiger partial charge on any atom is 0.321 e. The molecule has 144 valence electrons. The van der Waals surface area contributed by atoms with Crippen molar-refractivity contribution in [2.24, 2.45) is 0 Å². The summed E-state index contributed by atoms with van der Waals surface area (Å²) < 4.78 is 5.43. The number of rotatable bonds is 4. The third-order valence-electron chi connectivity index (χ3n) is 4.77. The highest BCUT2D eigenvalue weighted by molar-refractivity contribution is 6.30. The first kappa shape index (κ1) is 19.5. The number of carbonyl (C=O) groups is 1. The Morgan fingerprint density at radius 3 is 2.37 bits per heavy atom. The molecule has 2 aromatic rings. The lowest BCUT2D eigenvalue weighted by Gasteiger charge is -2.35. The SMILES string of the molecule is COc1ccc(Cl)cc1CN1CCN(C(=O)Nc2cc(C)cc(C)c2)CC1. The van der Waals surface area contributed by atoms with E-state index in [-0.39, 0.29) is 6.03 Å². The van der Waals surface area contributed by atoms with Crippen LogP contribution in [-0.2, 0) is 6.54 Å². The number of benzene rings is 2. The molecule has 2 aromatic carbocycles. The van der Waals surface area contributed by atoms with E-state index < -0.39 is 0 Å². The summed E-state index contributed by atoms with van der Waals surface area (Å²) in [4.78, 5) is 16.7. The van der Waals surface area contributed by atoms with Gasteiger partial charge in [0.05, 0.1) is 7.11 Å². The van der Waals surface area contributed by atoms with Crippen LogP contribution in [0.5, 0.6) is 5.75 Å². The van der Waals surface area contributed by atoms with Crippen molar-refractivity contribution in [3.8, 4) is 5.75 Å². The third kappa shape index (κ3) is 5.15. The van der Waals surface area contributed by atoms with E-state index in [2.05, 4.69) is 16.3 Å². The van der Waals surface area contributed by atoms with Crippen LogP contribution in [0.1, 0.15) is 16.7 Å². The van der Waals surface area contributed by atoms with Gasteiger partial charge in [-0.05, 0) is 55.3 Å². The van der Waals surface area contributed by atoms with Gasteiger partial charge in [0.15, 0.2) is 0 Å². The van der Waals surface area contributed by atoms with Crippen molar-refractivity contribution >= 4 is 23.3 Å². The van der Waals surface area contributed by atoms with Crippen molar-refractivity contribution < 1.29 is 9.53 Å². The van der Waals surface area contributed by atoms with Crippen molar-refractivity contribution in [2.75, 3.05) is 38.6 Å². The molecule has 0 atom stereocenters. The number of urea groups is 1. The second-order valence-corrected chi connectivity index (χ2v) is 7.46. The van der Waals surface area contributed by atoms with Gasteiger partial charge < -0.3 is 15.0 Å². The Morgan fingerprint density at radius 1 is 1.07 bits per heavy atom. The van der Waals surface area contributed by atoms with Crippen LogP contribution in [0.4, 0.5) is 10.5 Å². The number of halogens is 1. The second-order valence-electron chi connectivity index (χ2n) is 7.03. The molecule has 1 fully saturated rings. The molecule has 1 heterocycles. The first-order valence-corrected chi connectivity index (χ1v) is 9.51. The van der Waals surface area contributed by atoms with Gasteiger partial charge in [0.25, 0.3) is 0 Å². The lowest BCUT2D eigenvalue weighted by Crippen LogP contribution is -2.49. The van der Waals surface area contributed by atoms with E-state index in [1.807, 2.05) is 49.1 Å². The molecule has 27 heavy (non-hydrogen) atoms. The van der Waals surface area contributed by atoms with Crippen LogP contribution >= 0.6 is 11.6 Å². The fourth-order valence-corrected chi connectivity index (χ4v) is 3.66. The molecule has 1 aliphatic rings. The van der Waals surface area contributed by atoms with Crippen molar-refractivity contribution in [3.63, 3.8) is 0 Å². The number of carbonyl (C=O) groups excluding carboxylic acids is 1. The van der Waals surface area contributed by atoms with Gasteiger partial charge >= 0.3 is 6.03 Å². The van der Waals surface area contributed by atoms with E-state index in [1.165, 1.54) is 0 Å². The minimum atomic E-state index is -0.0417. The van der Waals surface area contributed by atoms with Gasteiger partial charge in [0.1, 0.15) is 5.75 Å². The van der Waals surface area contributed by atoms with Crippen LogP contribution in [-0.4, -0.2) is 49.1 Å². The molecule has 1 N–H and O–H groups in total. The highest BCUT2D eigenvalue weighted by atomic mass is 35.5. The minimum absolute atomic E-state index is 0.0417. The Kier molecular flexibility index (Phi) is 6.24. The molecular formula is C21H26ClN3O2. The lowest BCUT2D eigenvalue weighted by molar-refractivity contribution is 0.142. The number of nitrogens with one attached hydrogen (secondary N) is 1. The summed E-state index contributed by atoms with van der Waals surface area (Å²) >= 11 is 6.12. The normalized spacial score (nSPS) is 14.9. The predicted octanol–water partition coefficient (Wildman–Crippen LogP) is 4.32. The van der Waals surface area contributed by atoms with Crippen LogP contribution in [0.2, 0.25) is 5.02 Å². The topological polar surface area (TPSA) is 44.8 Å². The van der Waals surface area contributed by atoms with Crippen molar-refractivity contribution in [2.45, 2.75) is 20.4 Å². The standard InChI is InChI=1S/C21H26ClN3O2/c1-15-10-16(2)12-19(11-15)23-21(26)25-8-6-24(7-9-25)14-17-13-18(22)4-5-20(17)27-3/h4-5,10-13H,6-9,14H2,1-3H3,(H,23,26). The summed E-state index contributed by atoms with van der Waals surface area (Å²) in [5, 5.41) is 3.72. The van der Waals surface area contributed by atoms with Gasteiger partial charge in [0, 0.05) is 49.0 Å². The molecule has 0 aliphatic carbocycles. The van der Waals surface area contributed by atoms with Gasteiger partial charge in [-0.2, -0.15) is 0 Å². The number of methoxy groups -OCH3 is 1. The minimum Gasteiger partial charge on any atom is -0.496 e. The fourth-order valence-electron chi connectivity index (χ4n) is 3.47. The molecular weight excluding hydrogens is 362 g/mol. The summed E-state index contributed by atoms with van der Waals surface area (Å²) in [6.45, 7) is 7.85. The molecule has 0 saturated carbocycles. The van der Waals surface area contributed by atoms with E-state index in [1.54, 1.807) is 7.11 Å². The molecule has 1 aliphatic heterocycles. The van der Waals surface area contributed by atoms with E-state index in [0.717, 1.165) is 47.8 Å². The van der Waals surface area contributed by atoms with E-state index in [0.29, 0.717) is 18.1 Å².